The van der Waals surface area contributed by atoms with Crippen LogP contribution in [0.25, 0.3) is 0 Å². The van der Waals surface area contributed by atoms with Gasteiger partial charge in [-0.15, -0.1) is 0 Å². The molecule has 0 saturated heterocycles. The molecule has 1 fully saturated rings. The Balaban J connectivity index is 1.64. The fourth-order valence-corrected chi connectivity index (χ4v) is 3.33. The Bertz CT molecular complexity index is 735. The van der Waals surface area contributed by atoms with Gasteiger partial charge in [0, 0.05) is 18.1 Å². The molecule has 1 saturated carbocycles. The maximum atomic E-state index is 12.6. The van der Waals surface area contributed by atoms with Gasteiger partial charge < -0.3 is 14.6 Å². The van der Waals surface area contributed by atoms with Gasteiger partial charge in [0.2, 0.25) is 6.10 Å². The summed E-state index contributed by atoms with van der Waals surface area (Å²) in [6, 6.07) is 10.6. The largest absolute Gasteiger partial charge is 0.447 e. The fourth-order valence-electron chi connectivity index (χ4n) is 3.33. The topological polar surface area (TPSA) is 81.4 Å². The molecule has 138 valence electrons. The predicted molar refractivity (Wildman–Crippen MR) is 96.3 cm³/mol. The Morgan fingerprint density at radius 1 is 1.27 bits per heavy atom. The van der Waals surface area contributed by atoms with Gasteiger partial charge >= 0.3 is 5.97 Å². The first kappa shape index (κ1) is 18.2. The highest BCUT2D eigenvalue weighted by Crippen LogP contribution is 2.29. The molecule has 0 bridgehead atoms. The third kappa shape index (κ3) is 4.94. The van der Waals surface area contributed by atoms with Crippen LogP contribution in [-0.4, -0.2) is 17.0 Å². The molecule has 0 spiro atoms. The van der Waals surface area contributed by atoms with Crippen LogP contribution in [0.5, 0.6) is 0 Å². The average Bonchev–Trinajstić information content (AvgIpc) is 3.30. The van der Waals surface area contributed by atoms with Crippen LogP contribution in [0, 0.1) is 12.8 Å². The summed E-state index contributed by atoms with van der Waals surface area (Å²) in [7, 11) is 0. The number of rotatable bonds is 7. The Kier molecular flexibility index (Phi) is 6.04. The van der Waals surface area contributed by atoms with Crippen LogP contribution in [0.15, 0.2) is 40.9 Å². The summed E-state index contributed by atoms with van der Waals surface area (Å²) >= 11 is 0. The molecule has 1 heterocycles. The summed E-state index contributed by atoms with van der Waals surface area (Å²) in [6.45, 7) is 1.74. The lowest BCUT2D eigenvalue weighted by atomic mass is 10.0. The minimum atomic E-state index is -1.01. The first-order valence-corrected chi connectivity index (χ1v) is 9.10. The molecule has 2 aromatic rings. The van der Waals surface area contributed by atoms with E-state index < -0.39 is 12.0 Å². The summed E-state index contributed by atoms with van der Waals surface area (Å²) in [4.78, 5) is 25.0. The van der Waals surface area contributed by atoms with E-state index in [-0.39, 0.29) is 5.97 Å². The summed E-state index contributed by atoms with van der Waals surface area (Å²) in [5.41, 5.74) is 0.624. The van der Waals surface area contributed by atoms with Crippen molar-refractivity contribution in [1.29, 1.82) is 0 Å². The monoisotopic (exact) mass is 356 g/mol. The molecule has 1 aliphatic carbocycles. The number of benzene rings is 1. The lowest BCUT2D eigenvalue weighted by molar-refractivity contribution is -0.155. The van der Waals surface area contributed by atoms with E-state index in [0.29, 0.717) is 29.5 Å². The molecule has 1 aromatic heterocycles. The third-order valence-electron chi connectivity index (χ3n) is 4.70. The van der Waals surface area contributed by atoms with Crippen LogP contribution >= 0.6 is 0 Å². The van der Waals surface area contributed by atoms with Gasteiger partial charge in [0.15, 0.2) is 5.82 Å². The van der Waals surface area contributed by atoms with Crippen molar-refractivity contribution in [2.75, 3.05) is 5.32 Å². The quantitative estimate of drug-likeness (QED) is 0.753. The SMILES string of the molecule is Cc1cc(NC(=O)[C@H](OC(=O)CCC2CCCC2)c2ccccc2)no1. The van der Waals surface area contributed by atoms with Gasteiger partial charge in [-0.2, -0.15) is 0 Å². The van der Waals surface area contributed by atoms with E-state index in [4.69, 9.17) is 9.26 Å². The van der Waals surface area contributed by atoms with Crippen molar-refractivity contribution in [2.24, 2.45) is 5.92 Å². The van der Waals surface area contributed by atoms with E-state index in [1.807, 2.05) is 18.2 Å². The van der Waals surface area contributed by atoms with Gasteiger partial charge in [0.1, 0.15) is 5.76 Å². The number of anilines is 1. The predicted octanol–water partition coefficient (Wildman–Crippen LogP) is 4.18. The highest BCUT2D eigenvalue weighted by Gasteiger charge is 2.26. The molecule has 1 atom stereocenters. The molecule has 1 aliphatic rings. The molecule has 6 nitrogen and oxygen atoms in total. The molecule has 0 unspecified atom stereocenters. The lowest BCUT2D eigenvalue weighted by Crippen LogP contribution is -2.26. The highest BCUT2D eigenvalue weighted by atomic mass is 16.5. The normalized spacial score (nSPS) is 15.6. The van der Waals surface area contributed by atoms with Crippen molar-refractivity contribution in [2.45, 2.75) is 51.6 Å². The number of amides is 1. The molecule has 0 aliphatic heterocycles. The van der Waals surface area contributed by atoms with E-state index in [0.717, 1.165) is 6.42 Å². The minimum Gasteiger partial charge on any atom is -0.447 e. The Labute approximate surface area is 152 Å². The second kappa shape index (κ2) is 8.65. The van der Waals surface area contributed by atoms with Crippen LogP contribution in [0.3, 0.4) is 0 Å². The Morgan fingerprint density at radius 2 is 2.00 bits per heavy atom. The van der Waals surface area contributed by atoms with Crippen LogP contribution in [0.4, 0.5) is 5.82 Å². The van der Waals surface area contributed by atoms with Crippen molar-refractivity contribution in [3.63, 3.8) is 0 Å². The number of carbonyl (C=O) groups is 2. The summed E-state index contributed by atoms with van der Waals surface area (Å²) < 4.78 is 10.5. The summed E-state index contributed by atoms with van der Waals surface area (Å²) in [5, 5.41) is 6.40. The summed E-state index contributed by atoms with van der Waals surface area (Å²) in [5.74, 6) is 0.696. The van der Waals surface area contributed by atoms with Crippen molar-refractivity contribution in [3.8, 4) is 0 Å². The van der Waals surface area contributed by atoms with Crippen molar-refractivity contribution in [3.05, 3.63) is 47.7 Å². The van der Waals surface area contributed by atoms with E-state index in [2.05, 4.69) is 10.5 Å². The number of esters is 1. The molecule has 1 aromatic carbocycles. The lowest BCUT2D eigenvalue weighted by Gasteiger charge is -2.18. The van der Waals surface area contributed by atoms with E-state index >= 15 is 0 Å². The van der Waals surface area contributed by atoms with E-state index in [1.165, 1.54) is 25.7 Å². The molecule has 0 radical (unpaired) electrons. The first-order chi connectivity index (χ1) is 12.6. The van der Waals surface area contributed by atoms with Crippen LogP contribution in [0.2, 0.25) is 0 Å². The second-order valence-corrected chi connectivity index (χ2v) is 6.78. The molecule has 1 N–H and O–H groups in total. The Morgan fingerprint density at radius 3 is 2.65 bits per heavy atom. The molecular formula is C20H24N2O4. The van der Waals surface area contributed by atoms with E-state index in [1.54, 1.807) is 25.1 Å². The zero-order chi connectivity index (χ0) is 18.4. The molecule has 26 heavy (non-hydrogen) atoms. The van der Waals surface area contributed by atoms with Gasteiger partial charge in [-0.1, -0.05) is 61.2 Å². The summed E-state index contributed by atoms with van der Waals surface area (Å²) in [6.07, 6.45) is 5.00. The maximum Gasteiger partial charge on any atom is 0.306 e. The minimum absolute atomic E-state index is 0.301. The van der Waals surface area contributed by atoms with Gasteiger partial charge in [-0.25, -0.2) is 0 Å². The van der Waals surface area contributed by atoms with Gasteiger partial charge in [-0.05, 0) is 19.3 Å². The first-order valence-electron chi connectivity index (χ1n) is 9.10. The zero-order valence-corrected chi connectivity index (χ0v) is 14.9. The third-order valence-corrected chi connectivity index (χ3v) is 4.70. The smallest absolute Gasteiger partial charge is 0.306 e. The number of hydrogen-bond acceptors (Lipinski definition) is 5. The molecular weight excluding hydrogens is 332 g/mol. The molecule has 3 rings (SSSR count). The number of aromatic nitrogens is 1. The van der Waals surface area contributed by atoms with Crippen molar-refractivity contribution < 1.29 is 18.8 Å². The van der Waals surface area contributed by atoms with Crippen molar-refractivity contribution >= 4 is 17.7 Å². The van der Waals surface area contributed by atoms with Gasteiger partial charge in [-0.3, -0.25) is 9.59 Å². The van der Waals surface area contributed by atoms with Gasteiger partial charge in [0.05, 0.1) is 0 Å². The highest BCUT2D eigenvalue weighted by molar-refractivity contribution is 5.95. The van der Waals surface area contributed by atoms with Crippen LogP contribution in [0.1, 0.15) is 56.0 Å². The molecule has 1 amide bonds. The number of nitrogens with one attached hydrogen (secondary N) is 1. The number of aryl methyl sites for hydroxylation is 1. The van der Waals surface area contributed by atoms with E-state index in [9.17, 15) is 9.59 Å². The zero-order valence-electron chi connectivity index (χ0n) is 14.9. The number of hydrogen-bond donors (Lipinski definition) is 1. The van der Waals surface area contributed by atoms with Gasteiger partial charge in [0.25, 0.3) is 5.91 Å². The number of ether oxygens (including phenoxy) is 1. The van der Waals surface area contributed by atoms with Crippen LogP contribution in [-0.2, 0) is 14.3 Å². The number of carbonyl (C=O) groups excluding carboxylic acids is 2. The van der Waals surface area contributed by atoms with Crippen molar-refractivity contribution in [1.82, 2.24) is 5.16 Å². The second-order valence-electron chi connectivity index (χ2n) is 6.78. The van der Waals surface area contributed by atoms with Crippen LogP contribution < -0.4 is 5.32 Å². The maximum absolute atomic E-state index is 12.6. The number of nitrogens with zero attached hydrogens (tertiary/aromatic N) is 1. The standard InChI is InChI=1S/C20H24N2O4/c1-14-13-17(22-26-14)21-20(24)19(16-9-3-2-4-10-16)25-18(23)12-11-15-7-5-6-8-15/h2-4,9-10,13,15,19H,5-8,11-12H2,1H3,(H,21,22,24)/t19-/m1/s1. The molecule has 6 heteroatoms. The fraction of sp³-hybridized carbons (Fsp3) is 0.450. The Hall–Kier alpha value is -2.63. The average molecular weight is 356 g/mol.